The number of carbonyl (C=O) groups is 1. The van der Waals surface area contributed by atoms with E-state index in [0.29, 0.717) is 18.0 Å². The van der Waals surface area contributed by atoms with Crippen molar-refractivity contribution < 1.29 is 14.3 Å². The van der Waals surface area contributed by atoms with Gasteiger partial charge in [-0.05, 0) is 43.3 Å². The fourth-order valence-electron chi connectivity index (χ4n) is 2.96. The molecule has 3 aromatic rings. The van der Waals surface area contributed by atoms with Gasteiger partial charge in [0.25, 0.3) is 5.91 Å². The molecule has 0 fully saturated rings. The molecule has 0 unspecified atom stereocenters. The van der Waals surface area contributed by atoms with Gasteiger partial charge in [-0.25, -0.2) is 0 Å². The van der Waals surface area contributed by atoms with Crippen molar-refractivity contribution in [2.45, 2.75) is 6.92 Å². The number of amides is 1. The van der Waals surface area contributed by atoms with Crippen molar-refractivity contribution >= 4 is 23.0 Å². The second-order valence-electron chi connectivity index (χ2n) is 6.01. The number of anilines is 3. The predicted molar refractivity (Wildman–Crippen MR) is 104 cm³/mol. The molecule has 0 aliphatic carbocycles. The van der Waals surface area contributed by atoms with Crippen LogP contribution in [0.15, 0.2) is 66.9 Å². The monoisotopic (exact) mass is 361 g/mol. The molecule has 4 rings (SSSR count). The summed E-state index contributed by atoms with van der Waals surface area (Å²) in [6.07, 6.45) is 1.63. The molecule has 1 N–H and O–H groups in total. The lowest BCUT2D eigenvalue weighted by Gasteiger charge is -2.20. The van der Waals surface area contributed by atoms with Crippen LogP contribution in [0.2, 0.25) is 0 Å². The number of benzene rings is 2. The summed E-state index contributed by atoms with van der Waals surface area (Å²) in [6, 6.07) is 18.8. The molecule has 0 saturated carbocycles. The van der Waals surface area contributed by atoms with Gasteiger partial charge in [0.2, 0.25) is 6.79 Å². The van der Waals surface area contributed by atoms with E-state index in [2.05, 4.69) is 10.3 Å². The maximum absolute atomic E-state index is 12.9. The van der Waals surface area contributed by atoms with Gasteiger partial charge in [0.05, 0.1) is 0 Å². The average molecular weight is 361 g/mol. The van der Waals surface area contributed by atoms with E-state index in [-0.39, 0.29) is 12.7 Å². The van der Waals surface area contributed by atoms with Gasteiger partial charge in [-0.1, -0.05) is 18.2 Å². The second-order valence-corrected chi connectivity index (χ2v) is 6.01. The molecule has 1 aromatic heterocycles. The van der Waals surface area contributed by atoms with E-state index >= 15 is 0 Å². The minimum absolute atomic E-state index is 0.141. The number of nitrogens with one attached hydrogen (secondary N) is 1. The first kappa shape index (κ1) is 16.9. The zero-order chi connectivity index (χ0) is 18.6. The number of ether oxygens (including phenoxy) is 2. The van der Waals surface area contributed by atoms with E-state index in [1.807, 2.05) is 61.5 Å². The molecule has 6 heteroatoms. The van der Waals surface area contributed by atoms with Gasteiger partial charge in [-0.2, -0.15) is 0 Å². The molecule has 27 heavy (non-hydrogen) atoms. The van der Waals surface area contributed by atoms with Gasteiger partial charge in [0, 0.05) is 35.9 Å². The molecule has 2 aromatic carbocycles. The Kier molecular flexibility index (Phi) is 4.61. The van der Waals surface area contributed by atoms with E-state index < -0.39 is 0 Å². The number of rotatable bonds is 5. The Morgan fingerprint density at radius 1 is 1.04 bits per heavy atom. The van der Waals surface area contributed by atoms with Gasteiger partial charge in [-0.3, -0.25) is 9.78 Å². The Hall–Kier alpha value is -3.54. The fraction of sp³-hybridized carbons (Fsp3) is 0.143. The van der Waals surface area contributed by atoms with Crippen molar-refractivity contribution in [3.63, 3.8) is 0 Å². The summed E-state index contributed by atoms with van der Waals surface area (Å²) in [5, 5.41) is 3.28. The lowest BCUT2D eigenvalue weighted by Crippen LogP contribution is -2.31. The van der Waals surface area contributed by atoms with E-state index in [1.165, 1.54) is 0 Å². The molecule has 0 saturated heterocycles. The highest BCUT2D eigenvalue weighted by molar-refractivity contribution is 6.05. The van der Waals surface area contributed by atoms with Gasteiger partial charge in [0.15, 0.2) is 11.5 Å². The Balaban J connectivity index is 1.56. The summed E-state index contributed by atoms with van der Waals surface area (Å²) in [5.74, 6) is 1.29. The number of para-hydroxylation sites is 1. The molecular formula is C21H19N3O3. The largest absolute Gasteiger partial charge is 0.454 e. The molecule has 136 valence electrons. The summed E-state index contributed by atoms with van der Waals surface area (Å²) < 4.78 is 10.7. The van der Waals surface area contributed by atoms with E-state index in [1.54, 1.807) is 17.2 Å². The molecule has 6 nitrogen and oxygen atoms in total. The molecular weight excluding hydrogens is 342 g/mol. The van der Waals surface area contributed by atoms with Crippen LogP contribution in [0.5, 0.6) is 11.5 Å². The Morgan fingerprint density at radius 2 is 1.81 bits per heavy atom. The zero-order valence-corrected chi connectivity index (χ0v) is 14.9. The standard InChI is InChI=1S/C21H19N3O3/c1-2-24(17-6-4-3-5-7-17)21(25)18-12-16(10-11-22-18)23-15-8-9-19-20(13-15)27-14-26-19/h3-13H,2,14H2,1H3,(H,22,23). The SMILES string of the molecule is CCN(C(=O)c1cc(Nc2ccc3c(c2)OCO3)ccn1)c1ccccc1. The van der Waals surface area contributed by atoms with Crippen molar-refractivity contribution in [2.24, 2.45) is 0 Å². The first-order valence-electron chi connectivity index (χ1n) is 8.74. The first-order valence-corrected chi connectivity index (χ1v) is 8.74. The van der Waals surface area contributed by atoms with Crippen LogP contribution in [0.4, 0.5) is 17.1 Å². The highest BCUT2D eigenvalue weighted by Gasteiger charge is 2.18. The van der Waals surface area contributed by atoms with Gasteiger partial charge in [0.1, 0.15) is 5.69 Å². The number of hydrogen-bond donors (Lipinski definition) is 1. The fourth-order valence-corrected chi connectivity index (χ4v) is 2.96. The second kappa shape index (κ2) is 7.37. The maximum atomic E-state index is 12.9. The molecule has 0 radical (unpaired) electrons. The van der Waals surface area contributed by atoms with Gasteiger partial charge >= 0.3 is 0 Å². The average Bonchev–Trinajstić information content (AvgIpc) is 3.17. The van der Waals surface area contributed by atoms with Crippen molar-refractivity contribution in [3.8, 4) is 11.5 Å². The predicted octanol–water partition coefficient (Wildman–Crippen LogP) is 4.22. The third-order valence-corrected chi connectivity index (χ3v) is 4.27. The summed E-state index contributed by atoms with van der Waals surface area (Å²) >= 11 is 0. The minimum Gasteiger partial charge on any atom is -0.454 e. The number of pyridine rings is 1. The lowest BCUT2D eigenvalue weighted by molar-refractivity contribution is 0.0983. The molecule has 0 spiro atoms. The molecule has 1 amide bonds. The number of nitrogens with zero attached hydrogens (tertiary/aromatic N) is 2. The van der Waals surface area contributed by atoms with E-state index in [0.717, 1.165) is 22.8 Å². The number of fused-ring (bicyclic) bond motifs is 1. The van der Waals surface area contributed by atoms with Gasteiger partial charge < -0.3 is 19.7 Å². The quantitative estimate of drug-likeness (QED) is 0.737. The third kappa shape index (κ3) is 3.55. The lowest BCUT2D eigenvalue weighted by atomic mass is 10.2. The molecule has 0 atom stereocenters. The van der Waals surface area contributed by atoms with Crippen molar-refractivity contribution in [2.75, 3.05) is 23.6 Å². The van der Waals surface area contributed by atoms with Crippen LogP contribution in [0.3, 0.4) is 0 Å². The molecule has 1 aliphatic rings. The maximum Gasteiger partial charge on any atom is 0.276 e. The van der Waals surface area contributed by atoms with E-state index in [4.69, 9.17) is 9.47 Å². The van der Waals surface area contributed by atoms with Crippen LogP contribution < -0.4 is 19.7 Å². The first-order chi connectivity index (χ1) is 13.2. The number of aromatic nitrogens is 1. The minimum atomic E-state index is -0.141. The van der Waals surface area contributed by atoms with Gasteiger partial charge in [-0.15, -0.1) is 0 Å². The van der Waals surface area contributed by atoms with Crippen LogP contribution in [0, 0.1) is 0 Å². The van der Waals surface area contributed by atoms with Crippen LogP contribution in [-0.2, 0) is 0 Å². The van der Waals surface area contributed by atoms with Crippen LogP contribution in [0.1, 0.15) is 17.4 Å². The van der Waals surface area contributed by atoms with Crippen LogP contribution in [-0.4, -0.2) is 24.2 Å². The number of hydrogen-bond acceptors (Lipinski definition) is 5. The number of carbonyl (C=O) groups excluding carboxylic acids is 1. The Morgan fingerprint density at radius 3 is 2.63 bits per heavy atom. The zero-order valence-electron chi connectivity index (χ0n) is 14.9. The Labute approximate surface area is 157 Å². The summed E-state index contributed by atoms with van der Waals surface area (Å²) in [5.41, 5.74) is 2.85. The van der Waals surface area contributed by atoms with Crippen LogP contribution >= 0.6 is 0 Å². The van der Waals surface area contributed by atoms with Crippen molar-refractivity contribution in [1.82, 2.24) is 4.98 Å². The van der Waals surface area contributed by atoms with Crippen LogP contribution in [0.25, 0.3) is 0 Å². The third-order valence-electron chi connectivity index (χ3n) is 4.27. The normalized spacial score (nSPS) is 11.9. The highest BCUT2D eigenvalue weighted by atomic mass is 16.7. The van der Waals surface area contributed by atoms with Crippen molar-refractivity contribution in [1.29, 1.82) is 0 Å². The summed E-state index contributed by atoms with van der Waals surface area (Å²) in [4.78, 5) is 18.9. The highest BCUT2D eigenvalue weighted by Crippen LogP contribution is 2.35. The topological polar surface area (TPSA) is 63.7 Å². The molecule has 1 aliphatic heterocycles. The summed E-state index contributed by atoms with van der Waals surface area (Å²) in [6.45, 7) is 2.74. The van der Waals surface area contributed by atoms with Crippen molar-refractivity contribution in [3.05, 3.63) is 72.6 Å². The summed E-state index contributed by atoms with van der Waals surface area (Å²) in [7, 11) is 0. The molecule has 2 heterocycles. The Bertz CT molecular complexity index is 960. The smallest absolute Gasteiger partial charge is 0.276 e. The van der Waals surface area contributed by atoms with E-state index in [9.17, 15) is 4.79 Å². The molecule has 0 bridgehead atoms.